The summed E-state index contributed by atoms with van der Waals surface area (Å²) in [5.41, 5.74) is 6.17. The fraction of sp³-hybridized carbons (Fsp3) is 0.250. The van der Waals surface area contributed by atoms with Crippen LogP contribution in [0.5, 0.6) is 0 Å². The number of benzene rings is 2. The minimum atomic E-state index is -0.128. The highest BCUT2D eigenvalue weighted by atomic mass is 32.1. The van der Waals surface area contributed by atoms with Crippen LogP contribution in [0.25, 0.3) is 0 Å². The fourth-order valence-corrected chi connectivity index (χ4v) is 4.95. The summed E-state index contributed by atoms with van der Waals surface area (Å²) in [6.45, 7) is 0.667. The third-order valence-corrected chi connectivity index (χ3v) is 6.02. The number of carbonyl (C=O) groups excluding carboxylic acids is 1. The molecule has 2 bridgehead atoms. The molecule has 4 nitrogen and oxygen atoms in total. The van der Waals surface area contributed by atoms with E-state index in [1.165, 1.54) is 28.5 Å². The first-order chi connectivity index (χ1) is 12.3. The first-order valence-corrected chi connectivity index (χ1v) is 9.29. The van der Waals surface area contributed by atoms with Crippen LogP contribution in [0.4, 0.5) is 0 Å². The largest absolute Gasteiger partial charge is 0.350 e. The molecular formula is C20H17N3OS. The molecule has 1 atom stereocenters. The number of carbonyl (C=O) groups is 1. The Bertz CT molecular complexity index is 890. The maximum Gasteiger partial charge on any atom is 0.272 e. The molecule has 1 heterocycles. The van der Waals surface area contributed by atoms with Crippen molar-refractivity contribution in [2.45, 2.75) is 18.3 Å². The summed E-state index contributed by atoms with van der Waals surface area (Å²) >= 11 is 1.06. The lowest BCUT2D eigenvalue weighted by Gasteiger charge is -2.45. The second-order valence-electron chi connectivity index (χ2n) is 6.79. The van der Waals surface area contributed by atoms with Crippen molar-refractivity contribution in [1.29, 1.82) is 0 Å². The monoisotopic (exact) mass is 347 g/mol. The van der Waals surface area contributed by atoms with Crippen molar-refractivity contribution in [2.75, 3.05) is 6.54 Å². The average molecular weight is 347 g/mol. The van der Waals surface area contributed by atoms with E-state index in [2.05, 4.69) is 62.6 Å². The Kier molecular flexibility index (Phi) is 3.41. The molecule has 1 amide bonds. The summed E-state index contributed by atoms with van der Waals surface area (Å²) in [6.07, 6.45) is 2.60. The average Bonchev–Trinajstić information content (AvgIpc) is 3.21. The van der Waals surface area contributed by atoms with Gasteiger partial charge in [-0.25, -0.2) is 0 Å². The van der Waals surface area contributed by atoms with E-state index in [0.29, 0.717) is 30.0 Å². The van der Waals surface area contributed by atoms with E-state index in [9.17, 15) is 4.79 Å². The topological polar surface area (TPSA) is 54.9 Å². The summed E-state index contributed by atoms with van der Waals surface area (Å²) in [5, 5.41) is 3.07. The van der Waals surface area contributed by atoms with Crippen LogP contribution in [0, 0.1) is 5.92 Å². The maximum absolute atomic E-state index is 12.2. The van der Waals surface area contributed by atoms with Crippen molar-refractivity contribution in [3.8, 4) is 0 Å². The number of fused-ring (bicyclic) bond motifs is 1. The molecule has 25 heavy (non-hydrogen) atoms. The number of hydrogen-bond donors (Lipinski definition) is 1. The highest BCUT2D eigenvalue weighted by molar-refractivity contribution is 6.99. The summed E-state index contributed by atoms with van der Waals surface area (Å²) in [4.78, 5) is 12.2. The van der Waals surface area contributed by atoms with Gasteiger partial charge in [-0.2, -0.15) is 8.75 Å². The molecule has 124 valence electrons. The van der Waals surface area contributed by atoms with Gasteiger partial charge in [0.1, 0.15) is 0 Å². The van der Waals surface area contributed by atoms with Gasteiger partial charge >= 0.3 is 0 Å². The zero-order valence-corrected chi connectivity index (χ0v) is 14.4. The SMILES string of the molecule is O=C(NCC1CC2c3ccccc3C1c1ccccc12)c1cnsn1. The first kappa shape index (κ1) is 14.8. The van der Waals surface area contributed by atoms with Gasteiger partial charge in [0.25, 0.3) is 5.91 Å². The van der Waals surface area contributed by atoms with Crippen molar-refractivity contribution in [1.82, 2.24) is 14.1 Å². The van der Waals surface area contributed by atoms with Gasteiger partial charge in [-0.1, -0.05) is 48.5 Å². The van der Waals surface area contributed by atoms with Crippen LogP contribution in [0.1, 0.15) is 51.0 Å². The van der Waals surface area contributed by atoms with Crippen LogP contribution < -0.4 is 5.32 Å². The fourth-order valence-electron chi connectivity index (χ4n) is 4.54. The Morgan fingerprint density at radius 3 is 2.28 bits per heavy atom. The Morgan fingerprint density at radius 2 is 1.68 bits per heavy atom. The zero-order valence-electron chi connectivity index (χ0n) is 13.6. The zero-order chi connectivity index (χ0) is 16.8. The molecule has 6 rings (SSSR count). The Hall–Kier alpha value is -2.53. The smallest absolute Gasteiger partial charge is 0.272 e. The van der Waals surface area contributed by atoms with E-state index in [-0.39, 0.29) is 5.91 Å². The predicted octanol–water partition coefficient (Wildman–Crippen LogP) is 3.57. The highest BCUT2D eigenvalue weighted by Gasteiger charge is 2.42. The molecule has 2 aromatic carbocycles. The molecule has 0 saturated heterocycles. The van der Waals surface area contributed by atoms with Gasteiger partial charge in [-0.15, -0.1) is 0 Å². The molecule has 0 aliphatic heterocycles. The lowest BCUT2D eigenvalue weighted by Crippen LogP contribution is -2.39. The van der Waals surface area contributed by atoms with Crippen molar-refractivity contribution < 1.29 is 4.79 Å². The minimum Gasteiger partial charge on any atom is -0.350 e. The lowest BCUT2D eigenvalue weighted by atomic mass is 9.59. The molecule has 5 heteroatoms. The summed E-state index contributed by atoms with van der Waals surface area (Å²) in [6, 6.07) is 17.5. The molecular weight excluding hydrogens is 330 g/mol. The van der Waals surface area contributed by atoms with Crippen molar-refractivity contribution >= 4 is 17.6 Å². The van der Waals surface area contributed by atoms with Crippen LogP contribution in [-0.2, 0) is 0 Å². The molecule has 0 fully saturated rings. The van der Waals surface area contributed by atoms with E-state index >= 15 is 0 Å². The van der Waals surface area contributed by atoms with Crippen molar-refractivity contribution in [2.24, 2.45) is 5.92 Å². The second-order valence-corrected chi connectivity index (χ2v) is 7.34. The van der Waals surface area contributed by atoms with E-state index < -0.39 is 0 Å². The molecule has 0 spiro atoms. The van der Waals surface area contributed by atoms with Gasteiger partial charge in [0.15, 0.2) is 5.69 Å². The number of nitrogens with zero attached hydrogens (tertiary/aromatic N) is 2. The van der Waals surface area contributed by atoms with Crippen LogP contribution in [0.3, 0.4) is 0 Å². The summed E-state index contributed by atoms with van der Waals surface area (Å²) < 4.78 is 7.92. The van der Waals surface area contributed by atoms with Gasteiger partial charge in [-0.3, -0.25) is 4.79 Å². The van der Waals surface area contributed by atoms with Crippen molar-refractivity contribution in [3.63, 3.8) is 0 Å². The number of aromatic nitrogens is 2. The molecule has 0 saturated carbocycles. The number of amides is 1. The molecule has 3 aliphatic rings. The van der Waals surface area contributed by atoms with Crippen molar-refractivity contribution in [3.05, 3.63) is 82.7 Å². The van der Waals surface area contributed by atoms with Gasteiger partial charge in [0, 0.05) is 18.4 Å². The van der Waals surface area contributed by atoms with E-state index in [4.69, 9.17) is 0 Å². The molecule has 1 N–H and O–H groups in total. The van der Waals surface area contributed by atoms with Crippen LogP contribution in [0.2, 0.25) is 0 Å². The number of rotatable bonds is 3. The third-order valence-electron chi connectivity index (χ3n) is 5.54. The van der Waals surface area contributed by atoms with Gasteiger partial charge in [0.05, 0.1) is 17.9 Å². The molecule has 1 unspecified atom stereocenters. The van der Waals surface area contributed by atoms with E-state index in [1.54, 1.807) is 0 Å². The quantitative estimate of drug-likeness (QED) is 0.788. The van der Waals surface area contributed by atoms with Gasteiger partial charge < -0.3 is 5.32 Å². The normalized spacial score (nSPS) is 23.0. The predicted molar refractivity (Wildman–Crippen MR) is 96.9 cm³/mol. The molecule has 3 aliphatic carbocycles. The van der Waals surface area contributed by atoms with Gasteiger partial charge in [-0.05, 0) is 34.6 Å². The summed E-state index contributed by atoms with van der Waals surface area (Å²) in [5.74, 6) is 1.06. The molecule has 0 radical (unpaired) electrons. The first-order valence-electron chi connectivity index (χ1n) is 8.56. The van der Waals surface area contributed by atoms with Crippen LogP contribution >= 0.6 is 11.7 Å². The summed E-state index contributed by atoms with van der Waals surface area (Å²) in [7, 11) is 0. The Morgan fingerprint density at radius 1 is 1.04 bits per heavy atom. The second kappa shape index (κ2) is 5.77. The van der Waals surface area contributed by atoms with Gasteiger partial charge in [0.2, 0.25) is 0 Å². The van der Waals surface area contributed by atoms with Crippen LogP contribution in [0.15, 0.2) is 54.7 Å². The maximum atomic E-state index is 12.2. The van der Waals surface area contributed by atoms with E-state index in [1.807, 2.05) is 0 Å². The Balaban J connectivity index is 1.47. The Labute approximate surface area is 150 Å². The van der Waals surface area contributed by atoms with Crippen LogP contribution in [-0.4, -0.2) is 21.2 Å². The lowest BCUT2D eigenvalue weighted by molar-refractivity contribution is 0.0939. The molecule has 1 aromatic heterocycles. The minimum absolute atomic E-state index is 0.128. The third kappa shape index (κ3) is 2.30. The number of nitrogens with one attached hydrogen (secondary N) is 1. The number of hydrogen-bond acceptors (Lipinski definition) is 4. The standard InChI is InChI=1S/C20H17N3OS/c24-20(18-11-22-25-23-18)21-10-12-9-17-13-5-1-3-7-15(13)19(12)16-8-4-2-6-14(16)17/h1-8,11-12,17,19H,9-10H2,(H,21,24). The van der Waals surface area contributed by atoms with E-state index in [0.717, 1.165) is 18.1 Å². The molecule has 3 aromatic rings. The highest BCUT2D eigenvalue weighted by Crippen LogP contribution is 2.55.